The molecule has 1 N–H and O–H groups in total. The fourth-order valence-electron chi connectivity index (χ4n) is 12.8. The zero-order chi connectivity index (χ0) is 30.3. The summed E-state index contributed by atoms with van der Waals surface area (Å²) in [5.74, 6) is 3.33. The number of carbonyl (C=O) groups is 1. The van der Waals surface area contributed by atoms with Gasteiger partial charge in [0.05, 0.1) is 12.7 Å². The van der Waals surface area contributed by atoms with E-state index in [9.17, 15) is 4.79 Å². The van der Waals surface area contributed by atoms with E-state index >= 15 is 0 Å². The van der Waals surface area contributed by atoms with E-state index < -0.39 is 0 Å². The van der Waals surface area contributed by atoms with Gasteiger partial charge in [0, 0.05) is 5.54 Å². The number of esters is 1. The predicted molar refractivity (Wildman–Crippen MR) is 174 cm³/mol. The maximum Gasteiger partial charge on any atom is 0.337 e. The van der Waals surface area contributed by atoms with Gasteiger partial charge >= 0.3 is 5.97 Å². The lowest BCUT2D eigenvalue weighted by molar-refractivity contribution is -0.219. The lowest BCUT2D eigenvalue weighted by Crippen LogP contribution is -2.68. The van der Waals surface area contributed by atoms with Gasteiger partial charge in [-0.1, -0.05) is 71.9 Å². The third-order valence-corrected chi connectivity index (χ3v) is 14.8. The van der Waals surface area contributed by atoms with Crippen LogP contribution < -0.4 is 5.32 Å². The van der Waals surface area contributed by atoms with Gasteiger partial charge in [-0.3, -0.25) is 0 Å². The maximum absolute atomic E-state index is 12.1. The van der Waals surface area contributed by atoms with E-state index in [1.54, 1.807) is 0 Å². The van der Waals surface area contributed by atoms with Gasteiger partial charge in [0.15, 0.2) is 0 Å². The molecule has 4 fully saturated rings. The van der Waals surface area contributed by atoms with Gasteiger partial charge in [0.2, 0.25) is 0 Å². The van der Waals surface area contributed by atoms with Gasteiger partial charge in [-0.25, -0.2) is 4.79 Å². The van der Waals surface area contributed by atoms with Crippen LogP contribution >= 0.6 is 0 Å². The van der Waals surface area contributed by atoms with Gasteiger partial charge in [-0.15, -0.1) is 0 Å². The summed E-state index contributed by atoms with van der Waals surface area (Å²) < 4.78 is 4.95. The average Bonchev–Trinajstić information content (AvgIpc) is 3.33. The Morgan fingerprint density at radius 1 is 0.929 bits per heavy atom. The van der Waals surface area contributed by atoms with Crippen LogP contribution in [0.4, 0.5) is 0 Å². The number of hydrogen-bond acceptors (Lipinski definition) is 3. The van der Waals surface area contributed by atoms with Crippen LogP contribution in [-0.2, 0) is 4.74 Å². The molecule has 1 aromatic rings. The van der Waals surface area contributed by atoms with E-state index in [1.165, 1.54) is 75.2 Å². The molecule has 9 atom stereocenters. The number of nitrogens with one attached hydrogen (secondary N) is 1. The SMILES string of the molecule is C=C(C)[C@@H]1CC[C@]2(NCC)CC[C@]3(C)[C@H](CC[C@@H]4[C@@]5(C)CC=C(c6ccc(C(=O)OC)cc6)C(C)(C)[C@@H]5CC[C@]43C)[C@@H]12. The monoisotopic (exact) mass is 571 g/mol. The molecule has 0 radical (unpaired) electrons. The molecule has 3 nitrogen and oxygen atoms in total. The van der Waals surface area contributed by atoms with Crippen molar-refractivity contribution in [2.45, 2.75) is 112 Å². The Morgan fingerprint density at radius 3 is 2.29 bits per heavy atom. The Morgan fingerprint density at radius 2 is 1.64 bits per heavy atom. The third kappa shape index (κ3) is 3.97. The predicted octanol–water partition coefficient (Wildman–Crippen LogP) is 9.49. The van der Waals surface area contributed by atoms with Crippen molar-refractivity contribution in [3.63, 3.8) is 0 Å². The van der Waals surface area contributed by atoms with Crippen LogP contribution in [0.1, 0.15) is 122 Å². The summed E-state index contributed by atoms with van der Waals surface area (Å²) in [5.41, 5.74) is 6.24. The van der Waals surface area contributed by atoms with Crippen molar-refractivity contribution < 1.29 is 9.53 Å². The van der Waals surface area contributed by atoms with E-state index in [1.807, 2.05) is 12.1 Å². The van der Waals surface area contributed by atoms with E-state index in [0.29, 0.717) is 39.2 Å². The van der Waals surface area contributed by atoms with Crippen LogP contribution in [0.15, 0.2) is 42.5 Å². The van der Waals surface area contributed by atoms with Crippen molar-refractivity contribution in [3.8, 4) is 0 Å². The van der Waals surface area contributed by atoms with Gasteiger partial charge in [0.1, 0.15) is 0 Å². The highest BCUT2D eigenvalue weighted by molar-refractivity contribution is 5.89. The quantitative estimate of drug-likeness (QED) is 0.282. The highest BCUT2D eigenvalue weighted by Gasteiger charge is 2.70. The van der Waals surface area contributed by atoms with Crippen molar-refractivity contribution in [1.29, 1.82) is 0 Å². The number of methoxy groups -OCH3 is 1. The van der Waals surface area contributed by atoms with Crippen LogP contribution in [0, 0.1) is 51.2 Å². The summed E-state index contributed by atoms with van der Waals surface area (Å²) in [6.45, 7) is 23.4. The molecule has 5 aliphatic carbocycles. The van der Waals surface area contributed by atoms with Gasteiger partial charge in [0.25, 0.3) is 0 Å². The molecule has 0 aliphatic heterocycles. The summed E-state index contributed by atoms with van der Waals surface area (Å²) in [6, 6.07) is 8.15. The number of benzene rings is 1. The van der Waals surface area contributed by atoms with Crippen molar-refractivity contribution in [1.82, 2.24) is 5.32 Å². The molecule has 3 heteroatoms. The van der Waals surface area contributed by atoms with E-state index in [-0.39, 0.29) is 11.4 Å². The van der Waals surface area contributed by atoms with Crippen molar-refractivity contribution in [3.05, 3.63) is 53.6 Å². The zero-order valence-electron chi connectivity index (χ0n) is 27.9. The van der Waals surface area contributed by atoms with Crippen molar-refractivity contribution >= 4 is 11.5 Å². The fourth-order valence-corrected chi connectivity index (χ4v) is 12.8. The molecule has 4 saturated carbocycles. The lowest BCUT2D eigenvalue weighted by atomic mass is 9.33. The Bertz CT molecular complexity index is 1280. The third-order valence-electron chi connectivity index (χ3n) is 14.8. The minimum absolute atomic E-state index is 0.0854. The van der Waals surface area contributed by atoms with Gasteiger partial charge in [-0.05, 0) is 146 Å². The summed E-state index contributed by atoms with van der Waals surface area (Å²) in [6.07, 6.45) is 14.5. The molecule has 0 unspecified atom stereocenters. The number of fused-ring (bicyclic) bond motifs is 7. The first-order chi connectivity index (χ1) is 19.8. The topological polar surface area (TPSA) is 38.3 Å². The Labute approximate surface area is 256 Å². The van der Waals surface area contributed by atoms with E-state index in [2.05, 4.69) is 78.6 Å². The molecule has 0 heterocycles. The Kier molecular flexibility index (Phi) is 7.24. The molecule has 5 aliphatic rings. The molecule has 0 saturated heterocycles. The van der Waals surface area contributed by atoms with Gasteiger partial charge < -0.3 is 10.1 Å². The Balaban J connectivity index is 1.34. The summed E-state index contributed by atoms with van der Waals surface area (Å²) in [4.78, 5) is 12.1. The smallest absolute Gasteiger partial charge is 0.337 e. The second-order valence-corrected chi connectivity index (χ2v) is 16.5. The van der Waals surface area contributed by atoms with E-state index in [4.69, 9.17) is 4.74 Å². The molecular weight excluding hydrogens is 514 g/mol. The zero-order valence-corrected chi connectivity index (χ0v) is 27.9. The van der Waals surface area contributed by atoms with Crippen LogP contribution in [-0.4, -0.2) is 25.2 Å². The summed E-state index contributed by atoms with van der Waals surface area (Å²) in [5, 5.41) is 4.10. The molecule has 0 bridgehead atoms. The van der Waals surface area contributed by atoms with Crippen LogP contribution in [0.2, 0.25) is 0 Å². The number of ether oxygens (including phenoxy) is 1. The highest BCUT2D eigenvalue weighted by atomic mass is 16.5. The van der Waals surface area contributed by atoms with Gasteiger partial charge in [-0.2, -0.15) is 0 Å². The number of rotatable bonds is 5. The standard InChI is InChI=1S/C39H57NO2/c1-10-40-39-22-17-28(25(2)3)33(39)30-15-16-32-36(6)20-18-29(26-11-13-27(14-12-26)34(41)42-9)35(4,5)31(36)19-21-38(32,8)37(30,7)23-24-39/h11-14,18,28,30-33,40H,2,10,15-17,19-24H2,1,3-9H3/t28-,30+,31-,32+,33+,36-,37+,38+,39-/m0/s1. The first-order valence-electron chi connectivity index (χ1n) is 17.1. The fraction of sp³-hybridized carbons (Fsp3) is 0.718. The molecular formula is C39H57NO2. The Hall–Kier alpha value is -1.87. The molecule has 1 aromatic carbocycles. The van der Waals surface area contributed by atoms with Crippen molar-refractivity contribution in [2.24, 2.45) is 51.2 Å². The molecule has 0 spiro atoms. The van der Waals surface area contributed by atoms with Crippen LogP contribution in [0.5, 0.6) is 0 Å². The second-order valence-electron chi connectivity index (χ2n) is 16.5. The molecule has 0 aromatic heterocycles. The number of hydrogen-bond donors (Lipinski definition) is 1. The molecule has 6 rings (SSSR count). The second kappa shape index (κ2) is 10.1. The molecule has 42 heavy (non-hydrogen) atoms. The largest absolute Gasteiger partial charge is 0.465 e. The summed E-state index contributed by atoms with van der Waals surface area (Å²) >= 11 is 0. The number of allylic oxidation sites excluding steroid dienone is 3. The molecule has 0 amide bonds. The first kappa shape index (κ1) is 30.2. The maximum atomic E-state index is 12.1. The first-order valence-corrected chi connectivity index (χ1v) is 17.1. The normalized spacial score (nSPS) is 43.7. The lowest BCUT2D eigenvalue weighted by Gasteiger charge is -2.72. The minimum Gasteiger partial charge on any atom is -0.465 e. The van der Waals surface area contributed by atoms with E-state index in [0.717, 1.165) is 30.7 Å². The van der Waals surface area contributed by atoms with Crippen LogP contribution in [0.3, 0.4) is 0 Å². The number of carbonyl (C=O) groups excluding carboxylic acids is 1. The average molecular weight is 572 g/mol. The van der Waals surface area contributed by atoms with Crippen LogP contribution in [0.25, 0.3) is 5.57 Å². The van der Waals surface area contributed by atoms with Crippen molar-refractivity contribution in [2.75, 3.05) is 13.7 Å². The summed E-state index contributed by atoms with van der Waals surface area (Å²) in [7, 11) is 1.45. The molecule has 230 valence electrons. The highest BCUT2D eigenvalue weighted by Crippen LogP contribution is 2.76. The minimum atomic E-state index is -0.265.